The number of ether oxygens (including phenoxy) is 1. The normalized spacial score (nSPS) is 17.4. The zero-order chi connectivity index (χ0) is 28.8. The summed E-state index contributed by atoms with van der Waals surface area (Å²) < 4.78 is 51.4. The maximum atomic E-state index is 15.3. The van der Waals surface area contributed by atoms with E-state index >= 15 is 8.78 Å². The second-order valence-electron chi connectivity index (χ2n) is 12.0. The fourth-order valence-corrected chi connectivity index (χ4v) is 5.71. The molecule has 0 bridgehead atoms. The molecule has 1 fully saturated rings. The van der Waals surface area contributed by atoms with Crippen LogP contribution in [0.25, 0.3) is 11.3 Å². The Labute approximate surface area is 234 Å². The molecule has 0 N–H and O–H groups in total. The van der Waals surface area contributed by atoms with Gasteiger partial charge in [-0.15, -0.1) is 0 Å². The molecule has 2 aliphatic heterocycles. The van der Waals surface area contributed by atoms with Crippen LogP contribution in [-0.4, -0.2) is 66.3 Å². The third kappa shape index (κ3) is 5.75. The van der Waals surface area contributed by atoms with Crippen LogP contribution in [0.15, 0.2) is 36.5 Å². The molecule has 1 saturated heterocycles. The van der Waals surface area contributed by atoms with Crippen molar-refractivity contribution < 1.29 is 17.9 Å². The molecule has 40 heavy (non-hydrogen) atoms. The van der Waals surface area contributed by atoms with Crippen molar-refractivity contribution in [2.75, 3.05) is 43.5 Å². The van der Waals surface area contributed by atoms with E-state index in [1.807, 2.05) is 33.8 Å². The van der Waals surface area contributed by atoms with Gasteiger partial charge in [-0.1, -0.05) is 6.07 Å². The maximum Gasteiger partial charge on any atom is 0.179 e. The van der Waals surface area contributed by atoms with E-state index in [0.29, 0.717) is 40.9 Å². The molecule has 2 aliphatic rings. The predicted molar refractivity (Wildman–Crippen MR) is 153 cm³/mol. The lowest BCUT2D eigenvalue weighted by atomic mass is 10.0. The Balaban J connectivity index is 1.39. The predicted octanol–water partition coefficient (Wildman–Crippen LogP) is 6.07. The zero-order valence-corrected chi connectivity index (χ0v) is 24.1. The molecule has 9 heteroatoms. The Morgan fingerprint density at radius 2 is 1.73 bits per heavy atom. The number of rotatable bonds is 6. The van der Waals surface area contributed by atoms with Gasteiger partial charge in [0.2, 0.25) is 0 Å². The first-order chi connectivity index (χ1) is 18.9. The van der Waals surface area contributed by atoms with E-state index in [2.05, 4.69) is 38.8 Å². The van der Waals surface area contributed by atoms with Crippen LogP contribution in [0, 0.1) is 17.5 Å². The standard InChI is InChI=1S/C31H38F3N5O/c1-19(2)39-18-31(3,4)40-30-24(33)15-21(16-27(30)39)29-25(34)17-35-28(36-29)14-20-7-8-26(23(32)13-20)38-11-9-22(10-12-38)37(5)6/h7-8,13,15-17,19,22H,9-12,14,18H2,1-6H3. The lowest BCUT2D eigenvalue weighted by Gasteiger charge is -2.43. The molecule has 0 saturated carbocycles. The van der Waals surface area contributed by atoms with Gasteiger partial charge in [0.1, 0.15) is 22.9 Å². The summed E-state index contributed by atoms with van der Waals surface area (Å²) in [5, 5.41) is 0. The molecule has 0 unspecified atom stereocenters. The van der Waals surface area contributed by atoms with E-state index in [1.165, 1.54) is 12.1 Å². The van der Waals surface area contributed by atoms with Crippen LogP contribution in [0.5, 0.6) is 5.75 Å². The third-order valence-electron chi connectivity index (χ3n) is 7.86. The summed E-state index contributed by atoms with van der Waals surface area (Å²) in [4.78, 5) is 15.0. The van der Waals surface area contributed by atoms with Crippen molar-refractivity contribution in [2.45, 2.75) is 64.6 Å². The number of aromatic nitrogens is 2. The molecule has 1 aromatic heterocycles. The number of hydrogen-bond acceptors (Lipinski definition) is 6. The van der Waals surface area contributed by atoms with Gasteiger partial charge in [0.05, 0.1) is 24.1 Å². The fourth-order valence-electron chi connectivity index (χ4n) is 5.71. The zero-order valence-electron chi connectivity index (χ0n) is 24.1. The molecule has 0 radical (unpaired) electrons. The van der Waals surface area contributed by atoms with Gasteiger partial charge in [-0.05, 0) is 84.5 Å². The molecular formula is C31H38F3N5O. The molecule has 0 amide bonds. The number of piperidine rings is 1. The second-order valence-corrected chi connectivity index (χ2v) is 12.0. The lowest BCUT2D eigenvalue weighted by Crippen LogP contribution is -2.49. The minimum absolute atomic E-state index is 0.00101. The molecular weight excluding hydrogens is 515 g/mol. The van der Waals surface area contributed by atoms with E-state index < -0.39 is 17.2 Å². The van der Waals surface area contributed by atoms with Crippen molar-refractivity contribution in [3.63, 3.8) is 0 Å². The Morgan fingerprint density at radius 3 is 2.38 bits per heavy atom. The van der Waals surface area contributed by atoms with E-state index in [-0.39, 0.29) is 29.7 Å². The Bertz CT molecular complexity index is 1390. The van der Waals surface area contributed by atoms with E-state index in [0.717, 1.165) is 32.1 Å². The fraction of sp³-hybridized carbons (Fsp3) is 0.484. The number of fused-ring (bicyclic) bond motifs is 1. The van der Waals surface area contributed by atoms with E-state index in [9.17, 15) is 4.39 Å². The highest BCUT2D eigenvalue weighted by Gasteiger charge is 2.35. The van der Waals surface area contributed by atoms with Gasteiger partial charge in [-0.25, -0.2) is 23.1 Å². The first-order valence-corrected chi connectivity index (χ1v) is 13.9. The number of benzene rings is 2. The van der Waals surface area contributed by atoms with Crippen molar-refractivity contribution in [1.29, 1.82) is 0 Å². The Morgan fingerprint density at radius 1 is 1.00 bits per heavy atom. The van der Waals surface area contributed by atoms with Crippen LogP contribution in [0.3, 0.4) is 0 Å². The average molecular weight is 554 g/mol. The average Bonchev–Trinajstić information content (AvgIpc) is 2.89. The molecule has 3 aromatic rings. The minimum Gasteiger partial charge on any atom is -0.481 e. The highest BCUT2D eigenvalue weighted by Crippen LogP contribution is 2.43. The van der Waals surface area contributed by atoms with Crippen molar-refractivity contribution in [3.05, 3.63) is 65.4 Å². The molecule has 3 heterocycles. The lowest BCUT2D eigenvalue weighted by molar-refractivity contribution is 0.0967. The van der Waals surface area contributed by atoms with Crippen LogP contribution in [0.4, 0.5) is 24.5 Å². The molecule has 0 atom stereocenters. The first kappa shape index (κ1) is 28.2. The highest BCUT2D eigenvalue weighted by molar-refractivity contribution is 5.72. The summed E-state index contributed by atoms with van der Waals surface area (Å²) in [5.41, 5.74) is 1.57. The van der Waals surface area contributed by atoms with Gasteiger partial charge in [0.25, 0.3) is 0 Å². The summed E-state index contributed by atoms with van der Waals surface area (Å²) in [7, 11) is 4.16. The number of anilines is 2. The molecule has 2 aromatic carbocycles. The number of nitrogens with zero attached hydrogens (tertiary/aromatic N) is 5. The molecule has 0 spiro atoms. The third-order valence-corrected chi connectivity index (χ3v) is 7.86. The van der Waals surface area contributed by atoms with Crippen LogP contribution in [-0.2, 0) is 6.42 Å². The van der Waals surface area contributed by atoms with E-state index in [1.54, 1.807) is 12.1 Å². The first-order valence-electron chi connectivity index (χ1n) is 13.9. The second kappa shape index (κ2) is 10.9. The summed E-state index contributed by atoms with van der Waals surface area (Å²) in [6.07, 6.45) is 3.29. The van der Waals surface area contributed by atoms with Gasteiger partial charge in [-0.2, -0.15) is 0 Å². The van der Waals surface area contributed by atoms with Crippen LogP contribution < -0.4 is 14.5 Å². The minimum atomic E-state index is -0.654. The Kier molecular flexibility index (Phi) is 7.70. The summed E-state index contributed by atoms with van der Waals surface area (Å²) in [6.45, 7) is 10.0. The van der Waals surface area contributed by atoms with Gasteiger partial charge in [-0.3, -0.25) is 0 Å². The van der Waals surface area contributed by atoms with Gasteiger partial charge < -0.3 is 19.4 Å². The van der Waals surface area contributed by atoms with Crippen molar-refractivity contribution in [1.82, 2.24) is 14.9 Å². The molecule has 214 valence electrons. The summed E-state index contributed by atoms with van der Waals surface area (Å²) in [6, 6.07) is 8.73. The summed E-state index contributed by atoms with van der Waals surface area (Å²) in [5.74, 6) is -1.04. The SMILES string of the molecule is CC(C)N1CC(C)(C)Oc2c(F)cc(-c3nc(Cc4ccc(N5CCC(N(C)C)CC5)c(F)c4)ncc3F)cc21. The van der Waals surface area contributed by atoms with Crippen molar-refractivity contribution in [3.8, 4) is 17.0 Å². The van der Waals surface area contributed by atoms with Crippen LogP contribution in [0.1, 0.15) is 51.9 Å². The van der Waals surface area contributed by atoms with Crippen LogP contribution in [0.2, 0.25) is 0 Å². The van der Waals surface area contributed by atoms with Crippen LogP contribution >= 0.6 is 0 Å². The van der Waals surface area contributed by atoms with Gasteiger partial charge >= 0.3 is 0 Å². The van der Waals surface area contributed by atoms with E-state index in [4.69, 9.17) is 4.74 Å². The molecule has 5 rings (SSSR count). The van der Waals surface area contributed by atoms with Gasteiger partial charge in [0.15, 0.2) is 17.4 Å². The largest absolute Gasteiger partial charge is 0.481 e. The maximum absolute atomic E-state index is 15.3. The van der Waals surface area contributed by atoms with Crippen molar-refractivity contribution in [2.24, 2.45) is 0 Å². The van der Waals surface area contributed by atoms with Crippen molar-refractivity contribution >= 4 is 11.4 Å². The smallest absolute Gasteiger partial charge is 0.179 e. The summed E-state index contributed by atoms with van der Waals surface area (Å²) >= 11 is 0. The topological polar surface area (TPSA) is 44.7 Å². The molecule has 6 nitrogen and oxygen atoms in total. The quantitative estimate of drug-likeness (QED) is 0.369. The van der Waals surface area contributed by atoms with Gasteiger partial charge in [0, 0.05) is 37.2 Å². The molecule has 0 aliphatic carbocycles. The highest BCUT2D eigenvalue weighted by atomic mass is 19.1. The Hall–Kier alpha value is -3.33. The number of hydrogen-bond donors (Lipinski definition) is 0. The monoisotopic (exact) mass is 553 g/mol. The number of halogens is 3.